The lowest BCUT2D eigenvalue weighted by atomic mass is 10.1. The van der Waals surface area contributed by atoms with Crippen molar-refractivity contribution in [2.45, 2.75) is 18.9 Å². The van der Waals surface area contributed by atoms with Crippen LogP contribution in [0.3, 0.4) is 0 Å². The molecule has 0 saturated heterocycles. The Bertz CT molecular complexity index is 571. The van der Waals surface area contributed by atoms with Gasteiger partial charge in [-0.25, -0.2) is 0 Å². The summed E-state index contributed by atoms with van der Waals surface area (Å²) in [5.74, 6) is 1.49. The minimum atomic E-state index is -0.0353. The maximum Gasteiger partial charge on any atom is 0.200 e. The minimum Gasteiger partial charge on any atom is -0.490 e. The second-order valence-corrected chi connectivity index (χ2v) is 4.87. The summed E-state index contributed by atoms with van der Waals surface area (Å²) in [7, 11) is 0. The van der Waals surface area contributed by atoms with E-state index in [1.165, 1.54) is 0 Å². The summed E-state index contributed by atoms with van der Waals surface area (Å²) in [6.45, 7) is 0.0485. The van der Waals surface area contributed by atoms with Crippen molar-refractivity contribution in [1.29, 1.82) is 0 Å². The summed E-state index contributed by atoms with van der Waals surface area (Å²) in [5.41, 5.74) is 0.643. The molecule has 0 aromatic heterocycles. The van der Waals surface area contributed by atoms with Gasteiger partial charge in [0.25, 0.3) is 0 Å². The van der Waals surface area contributed by atoms with Gasteiger partial charge in [0.15, 0.2) is 12.4 Å². The van der Waals surface area contributed by atoms with Crippen molar-refractivity contribution >= 4 is 5.78 Å². The maximum absolute atomic E-state index is 12.0. The Hall–Kier alpha value is -2.29. The molecule has 3 heteroatoms. The third kappa shape index (κ3) is 3.38. The number of hydrogen-bond donors (Lipinski definition) is 0. The van der Waals surface area contributed by atoms with Crippen molar-refractivity contribution < 1.29 is 14.3 Å². The van der Waals surface area contributed by atoms with E-state index in [0.29, 0.717) is 17.4 Å². The first-order valence-corrected chi connectivity index (χ1v) is 6.79. The molecule has 1 fully saturated rings. The number of Topliss-reactive ketones (excluding diaryl/α,β-unsaturated/α-hetero) is 1. The maximum atomic E-state index is 12.0. The molecule has 2 aromatic rings. The Kier molecular flexibility index (Phi) is 3.68. The van der Waals surface area contributed by atoms with Crippen LogP contribution in [0.15, 0.2) is 54.6 Å². The topological polar surface area (TPSA) is 35.5 Å². The summed E-state index contributed by atoms with van der Waals surface area (Å²) in [6, 6.07) is 16.6. The van der Waals surface area contributed by atoms with Gasteiger partial charge in [-0.15, -0.1) is 0 Å². The average Bonchev–Trinajstić information content (AvgIpc) is 3.31. The molecular weight excluding hydrogens is 252 g/mol. The predicted octanol–water partition coefficient (Wildman–Crippen LogP) is 3.49. The van der Waals surface area contributed by atoms with Crippen molar-refractivity contribution in [2.24, 2.45) is 0 Å². The molecule has 20 heavy (non-hydrogen) atoms. The van der Waals surface area contributed by atoms with Gasteiger partial charge in [-0.2, -0.15) is 0 Å². The highest BCUT2D eigenvalue weighted by atomic mass is 16.5. The Morgan fingerprint density at radius 3 is 2.30 bits per heavy atom. The van der Waals surface area contributed by atoms with Crippen LogP contribution < -0.4 is 9.47 Å². The molecule has 0 spiro atoms. The van der Waals surface area contributed by atoms with E-state index in [1.807, 2.05) is 42.5 Å². The highest BCUT2D eigenvalue weighted by Crippen LogP contribution is 2.26. The second kappa shape index (κ2) is 5.78. The van der Waals surface area contributed by atoms with Crippen LogP contribution in [0.4, 0.5) is 0 Å². The van der Waals surface area contributed by atoms with Crippen LogP contribution in [0, 0.1) is 0 Å². The first-order valence-electron chi connectivity index (χ1n) is 6.79. The largest absolute Gasteiger partial charge is 0.490 e. The number of benzene rings is 2. The molecule has 0 unspecified atom stereocenters. The quantitative estimate of drug-likeness (QED) is 0.752. The smallest absolute Gasteiger partial charge is 0.200 e. The standard InChI is InChI=1S/C17H16O3/c18-17(12-19-14-4-2-1-3-5-14)13-6-8-15(9-7-13)20-16-10-11-16/h1-9,16H,10-12H2. The summed E-state index contributed by atoms with van der Waals surface area (Å²) in [4.78, 5) is 12.0. The van der Waals surface area contributed by atoms with Crippen molar-refractivity contribution in [3.05, 3.63) is 60.2 Å². The number of para-hydroxylation sites is 1. The van der Waals surface area contributed by atoms with Gasteiger partial charge < -0.3 is 9.47 Å². The molecule has 2 aromatic carbocycles. The summed E-state index contributed by atoms with van der Waals surface area (Å²) in [6.07, 6.45) is 2.63. The summed E-state index contributed by atoms with van der Waals surface area (Å²) < 4.78 is 11.1. The Balaban J connectivity index is 1.56. The molecule has 1 aliphatic rings. The molecule has 0 N–H and O–H groups in total. The van der Waals surface area contributed by atoms with Crippen LogP contribution in [0.1, 0.15) is 23.2 Å². The molecule has 1 aliphatic carbocycles. The average molecular weight is 268 g/mol. The van der Waals surface area contributed by atoms with E-state index in [9.17, 15) is 4.79 Å². The van der Waals surface area contributed by atoms with Gasteiger partial charge in [0.2, 0.25) is 0 Å². The summed E-state index contributed by atoms with van der Waals surface area (Å²) in [5, 5.41) is 0. The molecular formula is C17H16O3. The van der Waals surface area contributed by atoms with Gasteiger partial charge in [0, 0.05) is 5.56 Å². The number of hydrogen-bond acceptors (Lipinski definition) is 3. The SMILES string of the molecule is O=C(COc1ccccc1)c1ccc(OC2CC2)cc1. The van der Waals surface area contributed by atoms with E-state index in [1.54, 1.807) is 12.1 Å². The van der Waals surface area contributed by atoms with Gasteiger partial charge >= 0.3 is 0 Å². The monoisotopic (exact) mass is 268 g/mol. The third-order valence-electron chi connectivity index (χ3n) is 3.12. The molecule has 0 amide bonds. The highest BCUT2D eigenvalue weighted by Gasteiger charge is 2.23. The molecule has 3 nitrogen and oxygen atoms in total. The predicted molar refractivity (Wildman–Crippen MR) is 76.4 cm³/mol. The van der Waals surface area contributed by atoms with Crippen LogP contribution in [-0.4, -0.2) is 18.5 Å². The Labute approximate surface area is 118 Å². The zero-order chi connectivity index (χ0) is 13.8. The number of rotatable bonds is 6. The van der Waals surface area contributed by atoms with Crippen LogP contribution in [-0.2, 0) is 0 Å². The molecule has 0 radical (unpaired) electrons. The van der Waals surface area contributed by atoms with Crippen molar-refractivity contribution in [2.75, 3.05) is 6.61 Å². The number of carbonyl (C=O) groups is 1. The van der Waals surface area contributed by atoms with E-state index in [2.05, 4.69) is 0 Å². The number of ether oxygens (including phenoxy) is 2. The van der Waals surface area contributed by atoms with Crippen molar-refractivity contribution in [3.63, 3.8) is 0 Å². The van der Waals surface area contributed by atoms with Crippen LogP contribution in [0.5, 0.6) is 11.5 Å². The fourth-order valence-corrected chi connectivity index (χ4v) is 1.85. The Morgan fingerprint density at radius 2 is 1.65 bits per heavy atom. The van der Waals surface area contributed by atoms with Gasteiger partial charge in [-0.3, -0.25) is 4.79 Å². The van der Waals surface area contributed by atoms with E-state index in [0.717, 1.165) is 18.6 Å². The van der Waals surface area contributed by atoms with Crippen LogP contribution in [0.2, 0.25) is 0 Å². The third-order valence-corrected chi connectivity index (χ3v) is 3.12. The highest BCUT2D eigenvalue weighted by molar-refractivity contribution is 5.97. The van der Waals surface area contributed by atoms with E-state index < -0.39 is 0 Å². The lowest BCUT2D eigenvalue weighted by Crippen LogP contribution is -2.11. The number of ketones is 1. The summed E-state index contributed by atoms with van der Waals surface area (Å²) >= 11 is 0. The molecule has 0 bridgehead atoms. The zero-order valence-electron chi connectivity index (χ0n) is 11.1. The fourth-order valence-electron chi connectivity index (χ4n) is 1.85. The molecule has 0 heterocycles. The molecule has 0 atom stereocenters. The van der Waals surface area contributed by atoms with E-state index in [4.69, 9.17) is 9.47 Å². The van der Waals surface area contributed by atoms with Gasteiger partial charge in [-0.1, -0.05) is 18.2 Å². The van der Waals surface area contributed by atoms with E-state index in [-0.39, 0.29) is 12.4 Å². The van der Waals surface area contributed by atoms with Crippen molar-refractivity contribution in [1.82, 2.24) is 0 Å². The van der Waals surface area contributed by atoms with Crippen LogP contribution in [0.25, 0.3) is 0 Å². The van der Waals surface area contributed by atoms with E-state index >= 15 is 0 Å². The zero-order valence-corrected chi connectivity index (χ0v) is 11.1. The lowest BCUT2D eigenvalue weighted by Gasteiger charge is -2.07. The molecule has 3 rings (SSSR count). The van der Waals surface area contributed by atoms with Gasteiger partial charge in [-0.05, 0) is 49.2 Å². The van der Waals surface area contributed by atoms with Gasteiger partial charge in [0.1, 0.15) is 11.5 Å². The van der Waals surface area contributed by atoms with Crippen molar-refractivity contribution in [3.8, 4) is 11.5 Å². The lowest BCUT2D eigenvalue weighted by molar-refractivity contribution is 0.0921. The molecule has 102 valence electrons. The second-order valence-electron chi connectivity index (χ2n) is 4.87. The Morgan fingerprint density at radius 1 is 0.950 bits per heavy atom. The first kappa shape index (κ1) is 12.7. The van der Waals surface area contributed by atoms with Gasteiger partial charge in [0.05, 0.1) is 6.10 Å². The number of carbonyl (C=O) groups excluding carboxylic acids is 1. The van der Waals surface area contributed by atoms with Crippen LogP contribution >= 0.6 is 0 Å². The minimum absolute atomic E-state index is 0.0353. The molecule has 0 aliphatic heterocycles. The first-order chi connectivity index (χ1) is 9.81. The fraction of sp³-hybridized carbons (Fsp3) is 0.235. The molecule has 1 saturated carbocycles. The normalized spacial score (nSPS) is 13.8.